The van der Waals surface area contributed by atoms with E-state index in [0.29, 0.717) is 18.5 Å². The van der Waals surface area contributed by atoms with Crippen molar-refractivity contribution in [1.82, 2.24) is 4.90 Å². The lowest BCUT2D eigenvalue weighted by Gasteiger charge is -2.36. The third-order valence-corrected chi connectivity index (χ3v) is 8.25. The lowest BCUT2D eigenvalue weighted by atomic mass is 9.75. The van der Waals surface area contributed by atoms with Crippen LogP contribution in [0, 0.1) is 5.41 Å². The van der Waals surface area contributed by atoms with Crippen LogP contribution in [0.2, 0.25) is 0 Å². The van der Waals surface area contributed by atoms with Gasteiger partial charge in [-0.05, 0) is 70.2 Å². The van der Waals surface area contributed by atoms with Crippen molar-refractivity contribution in [2.45, 2.75) is 75.2 Å². The summed E-state index contributed by atoms with van der Waals surface area (Å²) in [5.41, 5.74) is 4.44. The highest BCUT2D eigenvalue weighted by atomic mass is 32.2. The largest absolute Gasteiger partial charge is 0.481 e. The van der Waals surface area contributed by atoms with Crippen LogP contribution < -0.4 is 5.73 Å². The van der Waals surface area contributed by atoms with Crippen molar-refractivity contribution in [2.24, 2.45) is 5.41 Å². The number of sulfone groups is 1. The number of likely N-dealkylation sites (tertiary alicyclic amines) is 1. The molecule has 1 amide bonds. The highest BCUT2D eigenvalue weighted by Crippen LogP contribution is 2.52. The summed E-state index contributed by atoms with van der Waals surface area (Å²) in [6.07, 6.45) is 0.903. The third kappa shape index (κ3) is 3.87. The van der Waals surface area contributed by atoms with Crippen molar-refractivity contribution in [3.63, 3.8) is 0 Å². The lowest BCUT2D eigenvalue weighted by Crippen LogP contribution is -2.42. The molecule has 0 spiro atoms. The molecule has 1 saturated heterocycles. The van der Waals surface area contributed by atoms with Crippen molar-refractivity contribution in [1.29, 1.82) is 0 Å². The number of nitrogens with zero attached hydrogens (tertiary/aromatic N) is 1. The molecule has 9 heteroatoms. The molecule has 1 aromatic rings. The second kappa shape index (κ2) is 7.44. The van der Waals surface area contributed by atoms with Gasteiger partial charge >= 0.3 is 12.1 Å². The van der Waals surface area contributed by atoms with Crippen LogP contribution in [0.4, 0.5) is 10.5 Å². The van der Waals surface area contributed by atoms with Gasteiger partial charge in [-0.25, -0.2) is 13.2 Å². The van der Waals surface area contributed by atoms with Crippen LogP contribution >= 0.6 is 0 Å². The number of ether oxygens (including phenoxy) is 1. The van der Waals surface area contributed by atoms with Crippen LogP contribution in [-0.2, 0) is 19.4 Å². The van der Waals surface area contributed by atoms with Crippen LogP contribution in [0.3, 0.4) is 0 Å². The molecule has 1 saturated carbocycles. The van der Waals surface area contributed by atoms with Crippen molar-refractivity contribution in [2.75, 3.05) is 12.3 Å². The van der Waals surface area contributed by atoms with E-state index in [9.17, 15) is 23.1 Å². The molecular formula is C21H30N2O6S. The number of carboxylic acids is 1. The van der Waals surface area contributed by atoms with E-state index in [1.807, 2.05) is 0 Å². The number of rotatable bonds is 5. The second-order valence-corrected chi connectivity index (χ2v) is 11.4. The summed E-state index contributed by atoms with van der Waals surface area (Å²) in [5.74, 6) is -1.07. The fraction of sp³-hybridized carbons (Fsp3) is 0.619. The molecule has 1 aromatic carbocycles. The van der Waals surface area contributed by atoms with Gasteiger partial charge < -0.3 is 15.6 Å². The molecule has 0 radical (unpaired) electrons. The number of carboxylic acid groups (broad SMARTS) is 1. The van der Waals surface area contributed by atoms with E-state index in [-0.39, 0.29) is 29.8 Å². The van der Waals surface area contributed by atoms with Crippen molar-refractivity contribution in [3.8, 4) is 0 Å². The number of hydrogen-bond donors (Lipinski definition) is 2. The lowest BCUT2D eigenvalue weighted by molar-refractivity contribution is -0.151. The van der Waals surface area contributed by atoms with Gasteiger partial charge in [-0.1, -0.05) is 6.92 Å². The number of anilines is 1. The molecule has 2 atom stereocenters. The molecule has 8 nitrogen and oxygen atoms in total. The maximum absolute atomic E-state index is 13.1. The average molecular weight is 439 g/mol. The van der Waals surface area contributed by atoms with Crippen molar-refractivity contribution >= 4 is 27.6 Å². The van der Waals surface area contributed by atoms with E-state index < -0.39 is 44.2 Å². The van der Waals surface area contributed by atoms with Crippen LogP contribution in [0.15, 0.2) is 23.1 Å². The van der Waals surface area contributed by atoms with E-state index in [1.165, 1.54) is 23.1 Å². The zero-order valence-electron chi connectivity index (χ0n) is 17.8. The van der Waals surface area contributed by atoms with Gasteiger partial charge in [0.05, 0.1) is 21.6 Å². The molecule has 1 aliphatic carbocycles. The number of carbonyl (C=O) groups excluding carboxylic acids is 1. The van der Waals surface area contributed by atoms with E-state index in [0.717, 1.165) is 0 Å². The normalized spacial score (nSPS) is 24.7. The minimum atomic E-state index is -3.65. The number of benzene rings is 1. The number of aliphatic carboxylic acids is 1. The Bertz CT molecular complexity index is 964. The molecule has 3 rings (SSSR count). The molecule has 3 N–H and O–H groups in total. The molecule has 0 aromatic heterocycles. The summed E-state index contributed by atoms with van der Waals surface area (Å²) in [6, 6.07) is 3.43. The van der Waals surface area contributed by atoms with Crippen molar-refractivity contribution < 1.29 is 27.9 Å². The first-order chi connectivity index (χ1) is 13.8. The monoisotopic (exact) mass is 438 g/mol. The minimum absolute atomic E-state index is 0.0544. The molecule has 2 aliphatic rings. The zero-order valence-corrected chi connectivity index (χ0v) is 18.7. The Kier molecular flexibility index (Phi) is 5.56. The van der Waals surface area contributed by atoms with Gasteiger partial charge in [0.1, 0.15) is 5.60 Å². The van der Waals surface area contributed by atoms with Gasteiger partial charge in [0.25, 0.3) is 0 Å². The van der Waals surface area contributed by atoms with Crippen LogP contribution in [-0.4, -0.2) is 47.9 Å². The first-order valence-corrected chi connectivity index (χ1v) is 11.7. The Morgan fingerprint density at radius 1 is 1.30 bits per heavy atom. The Morgan fingerprint density at radius 2 is 1.93 bits per heavy atom. The number of hydrogen-bond acceptors (Lipinski definition) is 6. The SMILES string of the molecule is CC[C@]1(C(=O)O)CCN(C(=O)OC(C)(C)C)[C@H]1c1cc(N)ccc1S(=O)(=O)C1CC1. The fourth-order valence-electron chi connectivity index (χ4n) is 4.21. The number of nitrogens with two attached hydrogens (primary N) is 1. The summed E-state index contributed by atoms with van der Waals surface area (Å²) in [4.78, 5) is 26.8. The Hall–Kier alpha value is -2.29. The van der Waals surface area contributed by atoms with Gasteiger partial charge in [0, 0.05) is 12.2 Å². The summed E-state index contributed by atoms with van der Waals surface area (Å²) in [7, 11) is -3.65. The predicted octanol–water partition coefficient (Wildman–Crippen LogP) is 3.37. The molecule has 1 aliphatic heterocycles. The molecular weight excluding hydrogens is 408 g/mol. The highest BCUT2D eigenvalue weighted by molar-refractivity contribution is 7.92. The predicted molar refractivity (Wildman–Crippen MR) is 112 cm³/mol. The number of nitrogen functional groups attached to an aromatic ring is 1. The highest BCUT2D eigenvalue weighted by Gasteiger charge is 2.56. The van der Waals surface area contributed by atoms with Gasteiger partial charge in [0.2, 0.25) is 0 Å². The van der Waals surface area contributed by atoms with E-state index in [4.69, 9.17) is 10.5 Å². The average Bonchev–Trinajstić information content (AvgIpc) is 3.40. The first-order valence-electron chi connectivity index (χ1n) is 10.2. The maximum Gasteiger partial charge on any atom is 0.410 e. The van der Waals surface area contributed by atoms with Gasteiger partial charge in [-0.3, -0.25) is 9.69 Å². The molecule has 0 bridgehead atoms. The minimum Gasteiger partial charge on any atom is -0.481 e. The summed E-state index contributed by atoms with van der Waals surface area (Å²) < 4.78 is 31.8. The third-order valence-electron chi connectivity index (χ3n) is 5.92. The second-order valence-electron chi connectivity index (χ2n) is 9.18. The summed E-state index contributed by atoms with van der Waals surface area (Å²) in [5, 5.41) is 9.68. The summed E-state index contributed by atoms with van der Waals surface area (Å²) in [6.45, 7) is 7.07. The Labute approximate surface area is 177 Å². The Morgan fingerprint density at radius 3 is 2.43 bits per heavy atom. The standard InChI is InChI=1S/C21H30N2O6S/c1-5-21(18(24)25)10-11-23(19(26)29-20(2,3)4)17(21)15-12-13(22)6-9-16(15)30(27,28)14-7-8-14/h6,9,12,14,17H,5,7-8,10-11,22H2,1-4H3,(H,24,25)/t17-,21-/m0/s1. The molecule has 166 valence electrons. The smallest absolute Gasteiger partial charge is 0.410 e. The van der Waals surface area contributed by atoms with E-state index in [2.05, 4.69) is 0 Å². The maximum atomic E-state index is 13.1. The molecule has 1 heterocycles. The zero-order chi connectivity index (χ0) is 22.5. The van der Waals surface area contributed by atoms with Crippen molar-refractivity contribution in [3.05, 3.63) is 23.8 Å². The summed E-state index contributed by atoms with van der Waals surface area (Å²) >= 11 is 0. The topological polar surface area (TPSA) is 127 Å². The van der Waals surface area contributed by atoms with Crippen LogP contribution in [0.25, 0.3) is 0 Å². The molecule has 2 fully saturated rings. The van der Waals surface area contributed by atoms with Gasteiger partial charge in [-0.15, -0.1) is 0 Å². The molecule has 0 unspecified atom stereocenters. The first kappa shape index (κ1) is 22.4. The van der Waals surface area contributed by atoms with E-state index >= 15 is 0 Å². The van der Waals surface area contributed by atoms with Crippen LogP contribution in [0.1, 0.15) is 65.0 Å². The quantitative estimate of drug-likeness (QED) is 0.675. The fourth-order valence-corrected chi connectivity index (χ4v) is 6.08. The number of carbonyl (C=O) groups is 2. The molecule has 30 heavy (non-hydrogen) atoms. The van der Waals surface area contributed by atoms with Gasteiger partial charge in [-0.2, -0.15) is 0 Å². The Balaban J connectivity index is 2.20. The number of amides is 1. The van der Waals surface area contributed by atoms with Crippen LogP contribution in [0.5, 0.6) is 0 Å². The van der Waals surface area contributed by atoms with Gasteiger partial charge in [0.15, 0.2) is 9.84 Å². The van der Waals surface area contributed by atoms with E-state index in [1.54, 1.807) is 27.7 Å².